The minimum Gasteiger partial charge on any atom is -0.368 e. The lowest BCUT2D eigenvalue weighted by atomic mass is 9.86. The van der Waals surface area contributed by atoms with Crippen LogP contribution in [0.2, 0.25) is 0 Å². The van der Waals surface area contributed by atoms with Gasteiger partial charge in [0.15, 0.2) is 0 Å². The van der Waals surface area contributed by atoms with Crippen LogP contribution < -0.4 is 10.2 Å². The minimum absolute atomic E-state index is 0.0831. The molecule has 1 aliphatic rings. The Labute approximate surface area is 205 Å². The third-order valence-electron chi connectivity index (χ3n) is 6.59. The fourth-order valence-electron chi connectivity index (χ4n) is 4.33. The highest BCUT2D eigenvalue weighted by atomic mass is 16.2. The molecule has 2 amide bonds. The van der Waals surface area contributed by atoms with E-state index in [2.05, 4.69) is 62.2 Å². The molecular formula is C29H41N3O2. The molecule has 2 aromatic carbocycles. The van der Waals surface area contributed by atoms with Crippen molar-refractivity contribution in [3.63, 3.8) is 0 Å². The van der Waals surface area contributed by atoms with E-state index in [-0.39, 0.29) is 17.2 Å². The molecule has 0 unspecified atom stereocenters. The molecule has 1 heterocycles. The number of hydrogen-bond acceptors (Lipinski definition) is 3. The Bertz CT molecular complexity index is 921. The fourth-order valence-corrected chi connectivity index (χ4v) is 4.33. The van der Waals surface area contributed by atoms with Gasteiger partial charge in [-0.05, 0) is 53.8 Å². The lowest BCUT2D eigenvalue weighted by Gasteiger charge is -2.36. The molecule has 3 rings (SSSR count). The molecule has 1 aliphatic heterocycles. The Hall–Kier alpha value is -2.82. The Balaban J connectivity index is 1.45. The number of anilines is 2. The van der Waals surface area contributed by atoms with Gasteiger partial charge in [0.25, 0.3) is 5.91 Å². The van der Waals surface area contributed by atoms with Gasteiger partial charge in [0.05, 0.1) is 0 Å². The summed E-state index contributed by atoms with van der Waals surface area (Å²) in [5.74, 6) is 0.194. The molecule has 34 heavy (non-hydrogen) atoms. The van der Waals surface area contributed by atoms with E-state index in [1.807, 2.05) is 29.2 Å². The number of nitrogens with one attached hydrogen (secondary N) is 1. The molecule has 0 bridgehead atoms. The molecule has 0 radical (unpaired) electrons. The normalized spacial score (nSPS) is 14.2. The van der Waals surface area contributed by atoms with Crippen LogP contribution in [-0.2, 0) is 10.2 Å². The van der Waals surface area contributed by atoms with Crippen LogP contribution in [0.4, 0.5) is 11.4 Å². The van der Waals surface area contributed by atoms with Gasteiger partial charge in [-0.25, -0.2) is 0 Å². The van der Waals surface area contributed by atoms with Crippen LogP contribution in [0.1, 0.15) is 82.1 Å². The first kappa shape index (κ1) is 25.8. The summed E-state index contributed by atoms with van der Waals surface area (Å²) in [7, 11) is 0. The quantitative estimate of drug-likeness (QED) is 0.448. The number of carbonyl (C=O) groups excluding carboxylic acids is 2. The molecule has 1 N–H and O–H groups in total. The summed E-state index contributed by atoms with van der Waals surface area (Å²) in [6, 6.07) is 16.1. The second-order valence-electron chi connectivity index (χ2n) is 10.4. The highest BCUT2D eigenvalue weighted by Crippen LogP contribution is 2.24. The zero-order valence-electron chi connectivity index (χ0n) is 21.4. The van der Waals surface area contributed by atoms with Crippen LogP contribution in [0.25, 0.3) is 0 Å². The van der Waals surface area contributed by atoms with E-state index in [9.17, 15) is 9.59 Å². The van der Waals surface area contributed by atoms with Crippen molar-refractivity contribution in [3.8, 4) is 0 Å². The fraction of sp³-hybridized carbons (Fsp3) is 0.517. The Morgan fingerprint density at radius 3 is 2.03 bits per heavy atom. The van der Waals surface area contributed by atoms with Crippen LogP contribution in [-0.4, -0.2) is 42.9 Å². The maximum Gasteiger partial charge on any atom is 0.253 e. The van der Waals surface area contributed by atoms with Gasteiger partial charge in [-0.3, -0.25) is 9.59 Å². The van der Waals surface area contributed by atoms with Gasteiger partial charge in [-0.15, -0.1) is 0 Å². The first-order chi connectivity index (χ1) is 16.3. The van der Waals surface area contributed by atoms with Crippen molar-refractivity contribution in [1.82, 2.24) is 4.90 Å². The molecule has 184 valence electrons. The summed E-state index contributed by atoms with van der Waals surface area (Å²) in [6.45, 7) is 11.7. The molecule has 5 nitrogen and oxygen atoms in total. The van der Waals surface area contributed by atoms with Crippen molar-refractivity contribution < 1.29 is 9.59 Å². The molecule has 0 aliphatic carbocycles. The summed E-state index contributed by atoms with van der Waals surface area (Å²) in [4.78, 5) is 29.3. The maximum atomic E-state index is 12.9. The molecule has 0 aromatic heterocycles. The first-order valence-corrected chi connectivity index (χ1v) is 12.8. The number of piperazine rings is 1. The first-order valence-electron chi connectivity index (χ1n) is 12.8. The van der Waals surface area contributed by atoms with E-state index >= 15 is 0 Å². The molecular weight excluding hydrogens is 422 g/mol. The van der Waals surface area contributed by atoms with E-state index in [1.165, 1.54) is 24.8 Å². The van der Waals surface area contributed by atoms with E-state index in [1.54, 1.807) is 0 Å². The van der Waals surface area contributed by atoms with E-state index < -0.39 is 0 Å². The van der Waals surface area contributed by atoms with Crippen molar-refractivity contribution >= 4 is 23.2 Å². The molecule has 1 saturated heterocycles. The van der Waals surface area contributed by atoms with Crippen LogP contribution in [0, 0.1) is 0 Å². The van der Waals surface area contributed by atoms with Gasteiger partial charge in [0.1, 0.15) is 0 Å². The van der Waals surface area contributed by atoms with Crippen LogP contribution in [0.15, 0.2) is 48.5 Å². The van der Waals surface area contributed by atoms with E-state index in [4.69, 9.17) is 0 Å². The predicted molar refractivity (Wildman–Crippen MR) is 142 cm³/mol. The molecule has 5 heteroatoms. The summed E-state index contributed by atoms with van der Waals surface area (Å²) < 4.78 is 0. The molecule has 1 fully saturated rings. The molecule has 2 aromatic rings. The smallest absolute Gasteiger partial charge is 0.253 e. The lowest BCUT2D eigenvalue weighted by molar-refractivity contribution is -0.116. The largest absolute Gasteiger partial charge is 0.368 e. The average molecular weight is 464 g/mol. The van der Waals surface area contributed by atoms with Crippen molar-refractivity contribution in [2.45, 2.75) is 71.6 Å². The number of carbonyl (C=O) groups is 2. The summed E-state index contributed by atoms with van der Waals surface area (Å²) in [5.41, 5.74) is 4.04. The molecule has 0 saturated carbocycles. The number of unbranched alkanes of at least 4 members (excludes halogenated alkanes) is 4. The van der Waals surface area contributed by atoms with Crippen molar-refractivity contribution in [3.05, 3.63) is 59.7 Å². The van der Waals surface area contributed by atoms with E-state index in [0.717, 1.165) is 42.9 Å². The van der Waals surface area contributed by atoms with Crippen LogP contribution in [0.3, 0.4) is 0 Å². The lowest BCUT2D eigenvalue weighted by Crippen LogP contribution is -2.48. The zero-order valence-corrected chi connectivity index (χ0v) is 21.4. The van der Waals surface area contributed by atoms with Gasteiger partial charge in [0.2, 0.25) is 5.91 Å². The number of benzene rings is 2. The summed E-state index contributed by atoms with van der Waals surface area (Å²) >= 11 is 0. The highest BCUT2D eigenvalue weighted by molar-refractivity contribution is 5.94. The van der Waals surface area contributed by atoms with Gasteiger partial charge >= 0.3 is 0 Å². The zero-order chi connectivity index (χ0) is 24.6. The van der Waals surface area contributed by atoms with E-state index in [0.29, 0.717) is 19.5 Å². The number of hydrogen-bond donors (Lipinski definition) is 1. The molecule has 0 spiro atoms. The standard InChI is InChI=1S/C29H41N3O2/c1-5-6-7-8-9-10-27(33)30-25-15-17-26(18-16-25)31-19-21-32(22-20-31)28(34)23-11-13-24(14-12-23)29(2,3)4/h11-18H,5-10,19-22H2,1-4H3,(H,30,33). The van der Waals surface area contributed by atoms with Crippen molar-refractivity contribution in [1.29, 1.82) is 0 Å². The van der Waals surface area contributed by atoms with Gasteiger partial charge in [-0.1, -0.05) is 65.5 Å². The monoisotopic (exact) mass is 463 g/mol. The highest BCUT2D eigenvalue weighted by Gasteiger charge is 2.23. The second kappa shape index (κ2) is 12.0. The third-order valence-corrected chi connectivity index (χ3v) is 6.59. The van der Waals surface area contributed by atoms with Crippen molar-refractivity contribution in [2.75, 3.05) is 36.4 Å². The third kappa shape index (κ3) is 7.34. The van der Waals surface area contributed by atoms with Crippen molar-refractivity contribution in [2.24, 2.45) is 0 Å². The molecule has 0 atom stereocenters. The Morgan fingerprint density at radius 1 is 0.824 bits per heavy atom. The maximum absolute atomic E-state index is 12.9. The number of nitrogens with zero attached hydrogens (tertiary/aromatic N) is 2. The Kier molecular flexibility index (Phi) is 9.14. The topological polar surface area (TPSA) is 52.7 Å². The number of amides is 2. The average Bonchev–Trinajstić information content (AvgIpc) is 2.83. The predicted octanol–water partition coefficient (Wildman–Crippen LogP) is 6.25. The Morgan fingerprint density at radius 2 is 1.44 bits per heavy atom. The summed E-state index contributed by atoms with van der Waals surface area (Å²) in [6.07, 6.45) is 6.33. The van der Waals surface area contributed by atoms with Gasteiger partial charge < -0.3 is 15.1 Å². The SMILES string of the molecule is CCCCCCCC(=O)Nc1ccc(N2CCN(C(=O)c3ccc(C(C)(C)C)cc3)CC2)cc1. The minimum atomic E-state index is 0.0831. The van der Waals surface area contributed by atoms with Gasteiger partial charge in [0, 0.05) is 49.5 Å². The number of rotatable bonds is 9. The van der Waals surface area contributed by atoms with Crippen LogP contribution in [0.5, 0.6) is 0 Å². The summed E-state index contributed by atoms with van der Waals surface area (Å²) in [5, 5.41) is 3.01. The second-order valence-corrected chi connectivity index (χ2v) is 10.4. The van der Waals surface area contributed by atoms with Gasteiger partial charge in [-0.2, -0.15) is 0 Å². The van der Waals surface area contributed by atoms with Crippen LogP contribution >= 0.6 is 0 Å².